The number of hydrogen-bond donors (Lipinski definition) is 1. The van der Waals surface area contributed by atoms with Crippen molar-refractivity contribution in [3.05, 3.63) is 58.2 Å². The van der Waals surface area contributed by atoms with Gasteiger partial charge in [-0.15, -0.1) is 5.10 Å². The second-order valence-corrected chi connectivity index (χ2v) is 11.1. The lowest BCUT2D eigenvalue weighted by molar-refractivity contribution is -0.150. The Labute approximate surface area is 202 Å². The molecule has 2 heterocycles. The first-order valence-corrected chi connectivity index (χ1v) is 12.3. The van der Waals surface area contributed by atoms with Gasteiger partial charge in [0, 0.05) is 16.8 Å². The van der Waals surface area contributed by atoms with Crippen LogP contribution in [-0.2, 0) is 16.9 Å². The predicted molar refractivity (Wildman–Crippen MR) is 126 cm³/mol. The van der Waals surface area contributed by atoms with Gasteiger partial charge in [0.1, 0.15) is 6.33 Å². The van der Waals surface area contributed by atoms with Gasteiger partial charge in [-0.2, -0.15) is 5.10 Å². The van der Waals surface area contributed by atoms with E-state index >= 15 is 0 Å². The molecule has 2 aromatic heterocycles. The molecule has 7 nitrogen and oxygen atoms in total. The molecule has 4 bridgehead atoms. The van der Waals surface area contributed by atoms with E-state index in [1.165, 1.54) is 6.42 Å². The summed E-state index contributed by atoms with van der Waals surface area (Å²) < 4.78 is 3.86. The fraction of sp³-hybridized carbons (Fsp3) is 0.500. The molecule has 0 saturated heterocycles. The molecule has 172 valence electrons. The molecule has 1 amide bonds. The van der Waals surface area contributed by atoms with Crippen molar-refractivity contribution in [2.24, 2.45) is 17.3 Å². The largest absolute Gasteiger partial charge is 0.309 e. The molecule has 0 radical (unpaired) electrons. The molecule has 7 rings (SSSR count). The van der Waals surface area contributed by atoms with E-state index in [1.807, 2.05) is 46.6 Å². The Morgan fingerprint density at radius 2 is 1.85 bits per heavy atom. The minimum atomic E-state index is -0.392. The fourth-order valence-corrected chi connectivity index (χ4v) is 7.21. The molecule has 1 aromatic carbocycles. The number of rotatable bonds is 5. The van der Waals surface area contributed by atoms with E-state index in [1.54, 1.807) is 6.33 Å². The molecule has 0 aliphatic heterocycles. The molecule has 2 atom stereocenters. The van der Waals surface area contributed by atoms with Crippen molar-refractivity contribution in [3.8, 4) is 0 Å². The van der Waals surface area contributed by atoms with E-state index in [2.05, 4.69) is 20.5 Å². The van der Waals surface area contributed by atoms with Crippen LogP contribution in [0.1, 0.15) is 49.8 Å². The minimum absolute atomic E-state index is 0.0864. The van der Waals surface area contributed by atoms with Gasteiger partial charge in [0.15, 0.2) is 5.82 Å². The SMILES string of the molecule is Cc1cc(NC(=O)C23CC4CC(C2)CC(n2cnc(Cl)n2)(C4)C3)nn1Cc1ccc(Cl)cc1. The average molecular weight is 485 g/mol. The highest BCUT2D eigenvalue weighted by atomic mass is 35.5. The van der Waals surface area contributed by atoms with Crippen LogP contribution in [0.25, 0.3) is 0 Å². The van der Waals surface area contributed by atoms with Crippen LogP contribution in [0.3, 0.4) is 0 Å². The van der Waals surface area contributed by atoms with Gasteiger partial charge in [0.2, 0.25) is 11.2 Å². The van der Waals surface area contributed by atoms with Crippen LogP contribution >= 0.6 is 23.2 Å². The first-order valence-electron chi connectivity index (χ1n) is 11.5. The summed E-state index contributed by atoms with van der Waals surface area (Å²) in [5, 5.41) is 13.3. The highest BCUT2D eigenvalue weighted by Crippen LogP contribution is 2.64. The van der Waals surface area contributed by atoms with Crippen LogP contribution in [-0.4, -0.2) is 30.5 Å². The number of halogens is 2. The topological polar surface area (TPSA) is 77.6 Å². The van der Waals surface area contributed by atoms with Gasteiger partial charge in [0.25, 0.3) is 0 Å². The Hall–Kier alpha value is -2.38. The number of amides is 1. The number of hydrogen-bond acceptors (Lipinski definition) is 4. The summed E-state index contributed by atoms with van der Waals surface area (Å²) in [7, 11) is 0. The second-order valence-electron chi connectivity index (χ2n) is 10.3. The molecule has 33 heavy (non-hydrogen) atoms. The zero-order valence-electron chi connectivity index (χ0n) is 18.5. The molecule has 4 aliphatic rings. The maximum atomic E-state index is 13.7. The van der Waals surface area contributed by atoms with Crippen LogP contribution in [0.2, 0.25) is 10.3 Å². The highest BCUT2D eigenvalue weighted by molar-refractivity contribution is 6.30. The molecule has 2 unspecified atom stereocenters. The van der Waals surface area contributed by atoms with Gasteiger partial charge in [-0.05, 0) is 86.6 Å². The number of carbonyl (C=O) groups is 1. The van der Waals surface area contributed by atoms with Crippen molar-refractivity contribution in [2.75, 3.05) is 5.32 Å². The van der Waals surface area contributed by atoms with Gasteiger partial charge in [0.05, 0.1) is 17.5 Å². The lowest BCUT2D eigenvalue weighted by Gasteiger charge is -2.60. The van der Waals surface area contributed by atoms with Gasteiger partial charge in [-0.3, -0.25) is 9.48 Å². The molecule has 4 saturated carbocycles. The normalized spacial score (nSPS) is 30.0. The van der Waals surface area contributed by atoms with Gasteiger partial charge >= 0.3 is 0 Å². The lowest BCUT2D eigenvalue weighted by Crippen LogP contribution is -2.60. The van der Waals surface area contributed by atoms with Gasteiger partial charge in [-0.25, -0.2) is 9.67 Å². The van der Waals surface area contributed by atoms with E-state index in [0.29, 0.717) is 29.2 Å². The Kier molecular flexibility index (Phi) is 4.86. The summed E-state index contributed by atoms with van der Waals surface area (Å²) in [5.41, 5.74) is 1.56. The van der Waals surface area contributed by atoms with E-state index in [4.69, 9.17) is 23.2 Å². The Bertz CT molecular complexity index is 1200. The first-order chi connectivity index (χ1) is 15.8. The number of nitrogens with one attached hydrogen (secondary N) is 1. The molecular weight excluding hydrogens is 459 g/mol. The summed E-state index contributed by atoms with van der Waals surface area (Å²) in [5.74, 6) is 1.76. The first kappa shape index (κ1) is 21.2. The fourth-order valence-electron chi connectivity index (χ4n) is 6.96. The van der Waals surface area contributed by atoms with Crippen LogP contribution in [0.15, 0.2) is 36.7 Å². The van der Waals surface area contributed by atoms with Crippen molar-refractivity contribution < 1.29 is 4.79 Å². The van der Waals surface area contributed by atoms with Gasteiger partial charge < -0.3 is 5.32 Å². The maximum absolute atomic E-state index is 13.7. The zero-order valence-corrected chi connectivity index (χ0v) is 20.0. The second kappa shape index (κ2) is 7.57. The number of nitrogens with zero attached hydrogens (tertiary/aromatic N) is 5. The Morgan fingerprint density at radius 3 is 2.52 bits per heavy atom. The van der Waals surface area contributed by atoms with E-state index < -0.39 is 5.41 Å². The van der Waals surface area contributed by atoms with Crippen LogP contribution < -0.4 is 5.32 Å². The summed E-state index contributed by atoms with van der Waals surface area (Å²) in [6.45, 7) is 2.64. The Balaban J connectivity index is 1.23. The summed E-state index contributed by atoms with van der Waals surface area (Å²) in [6.07, 6.45) is 7.69. The van der Waals surface area contributed by atoms with Crippen molar-refractivity contribution >= 4 is 34.9 Å². The smallest absolute Gasteiger partial charge is 0.242 e. The predicted octanol–water partition coefficient (Wildman–Crippen LogP) is 5.07. The molecule has 1 N–H and O–H groups in total. The number of aromatic nitrogens is 5. The summed E-state index contributed by atoms with van der Waals surface area (Å²) >= 11 is 12.0. The quantitative estimate of drug-likeness (QED) is 0.547. The molecule has 4 aliphatic carbocycles. The minimum Gasteiger partial charge on any atom is -0.309 e. The Morgan fingerprint density at radius 1 is 1.12 bits per heavy atom. The van der Waals surface area contributed by atoms with E-state index in [9.17, 15) is 4.79 Å². The molecule has 3 aromatic rings. The van der Waals surface area contributed by atoms with Gasteiger partial charge in [-0.1, -0.05) is 23.7 Å². The number of anilines is 1. The number of carbonyl (C=O) groups excluding carboxylic acids is 1. The summed E-state index contributed by atoms with van der Waals surface area (Å²) in [4.78, 5) is 17.9. The van der Waals surface area contributed by atoms with Crippen LogP contribution in [0, 0.1) is 24.2 Å². The average Bonchev–Trinajstić information content (AvgIpc) is 3.34. The molecule has 4 fully saturated rings. The third-order valence-corrected chi connectivity index (χ3v) is 8.36. The third kappa shape index (κ3) is 3.66. The summed E-state index contributed by atoms with van der Waals surface area (Å²) in [6, 6.07) is 9.69. The van der Waals surface area contributed by atoms with Crippen LogP contribution in [0.4, 0.5) is 5.82 Å². The zero-order chi connectivity index (χ0) is 22.8. The van der Waals surface area contributed by atoms with Crippen molar-refractivity contribution in [1.82, 2.24) is 24.5 Å². The standard InChI is InChI=1S/C24H26Cl2N6O/c1-15-6-20(29-31(15)12-16-2-4-19(25)5-3-16)28-21(33)23-8-17-7-18(9-23)11-24(10-17,13-23)32-14-27-22(26)30-32/h2-6,14,17-18H,7-13H2,1H3,(H,28,29,33). The lowest BCUT2D eigenvalue weighted by atomic mass is 9.46. The molecular formula is C24H26Cl2N6O. The van der Waals surface area contributed by atoms with Crippen LogP contribution in [0.5, 0.6) is 0 Å². The monoisotopic (exact) mass is 484 g/mol. The van der Waals surface area contributed by atoms with Crippen molar-refractivity contribution in [1.29, 1.82) is 0 Å². The van der Waals surface area contributed by atoms with Crippen molar-refractivity contribution in [3.63, 3.8) is 0 Å². The maximum Gasteiger partial charge on any atom is 0.242 e. The van der Waals surface area contributed by atoms with Crippen molar-refractivity contribution in [2.45, 2.75) is 57.5 Å². The third-order valence-electron chi connectivity index (χ3n) is 7.93. The molecule has 0 spiro atoms. The number of benzene rings is 1. The van der Waals surface area contributed by atoms with E-state index in [0.717, 1.165) is 43.4 Å². The van der Waals surface area contributed by atoms with E-state index in [-0.39, 0.29) is 16.7 Å². The molecule has 9 heteroatoms. The number of aryl methyl sites for hydroxylation is 1. The highest BCUT2D eigenvalue weighted by Gasteiger charge is 2.61.